The van der Waals surface area contributed by atoms with Gasteiger partial charge in [0.15, 0.2) is 0 Å². The number of nitrogens with two attached hydrogens (primary N) is 1. The molecule has 0 aliphatic heterocycles. The van der Waals surface area contributed by atoms with Crippen molar-refractivity contribution in [3.8, 4) is 0 Å². The monoisotopic (exact) mass is 203 g/mol. The first-order chi connectivity index (χ1) is 6.81. The molecule has 0 aromatic carbocycles. The van der Waals surface area contributed by atoms with Crippen molar-refractivity contribution >= 4 is 5.84 Å². The van der Waals surface area contributed by atoms with Gasteiger partial charge in [0.1, 0.15) is 5.84 Å². The lowest BCUT2D eigenvalue weighted by Gasteiger charge is -2.04. The molecule has 0 atom stereocenters. The molecule has 0 fully saturated rings. The van der Waals surface area contributed by atoms with Gasteiger partial charge in [0.05, 0.1) is 0 Å². The molecule has 0 aliphatic rings. The van der Waals surface area contributed by atoms with Crippen LogP contribution in [0.15, 0.2) is 5.16 Å². The zero-order chi connectivity index (χ0) is 10.6. The fourth-order valence-electron chi connectivity index (χ4n) is 0.937. The van der Waals surface area contributed by atoms with E-state index in [-0.39, 0.29) is 5.84 Å². The lowest BCUT2D eigenvalue weighted by atomic mass is 10.4. The van der Waals surface area contributed by atoms with E-state index in [1.807, 2.05) is 0 Å². The maximum atomic E-state index is 8.25. The smallest absolute Gasteiger partial charge is 0.140 e. The van der Waals surface area contributed by atoms with Crippen LogP contribution in [0.2, 0.25) is 0 Å². The number of hydrogen-bond donors (Lipinski definition) is 3. The minimum Gasteiger partial charge on any atom is -0.409 e. The van der Waals surface area contributed by atoms with Crippen LogP contribution >= 0.6 is 0 Å². The lowest BCUT2D eigenvalue weighted by Crippen LogP contribution is -2.23. The lowest BCUT2D eigenvalue weighted by molar-refractivity contribution is 0.132. The summed E-state index contributed by atoms with van der Waals surface area (Å²) in [5.74, 6) is 0.264. The second-order valence-corrected chi connectivity index (χ2v) is 3.06. The Kier molecular flexibility index (Phi) is 9.68. The first-order valence-electron chi connectivity index (χ1n) is 5.06. The van der Waals surface area contributed by atoms with Crippen molar-refractivity contribution < 1.29 is 9.94 Å². The third kappa shape index (κ3) is 9.28. The van der Waals surface area contributed by atoms with Crippen molar-refractivity contribution in [3.05, 3.63) is 0 Å². The Bertz CT molecular complexity index is 151. The van der Waals surface area contributed by atoms with Gasteiger partial charge in [-0.2, -0.15) is 0 Å². The molecule has 0 unspecified atom stereocenters. The van der Waals surface area contributed by atoms with Crippen molar-refractivity contribution in [2.45, 2.75) is 26.2 Å². The molecule has 0 saturated heterocycles. The molecule has 4 N–H and O–H groups in total. The topological polar surface area (TPSA) is 79.9 Å². The Morgan fingerprint density at radius 3 is 2.86 bits per heavy atom. The Labute approximate surface area is 85.3 Å². The summed E-state index contributed by atoms with van der Waals surface area (Å²) in [6.45, 7) is 5.37. The van der Waals surface area contributed by atoms with Gasteiger partial charge in [-0.05, 0) is 19.4 Å². The van der Waals surface area contributed by atoms with Crippen LogP contribution in [-0.2, 0) is 4.74 Å². The Balaban J connectivity index is 2.99. The second kappa shape index (κ2) is 10.3. The van der Waals surface area contributed by atoms with Crippen molar-refractivity contribution in [1.82, 2.24) is 5.32 Å². The van der Waals surface area contributed by atoms with Gasteiger partial charge in [-0.1, -0.05) is 12.1 Å². The molecular formula is C9H21N3O2. The average molecular weight is 203 g/mol. The molecule has 0 bridgehead atoms. The van der Waals surface area contributed by atoms with E-state index in [0.717, 1.165) is 39.1 Å². The van der Waals surface area contributed by atoms with Crippen molar-refractivity contribution in [2.75, 3.05) is 26.3 Å². The van der Waals surface area contributed by atoms with Crippen LogP contribution in [-0.4, -0.2) is 37.3 Å². The van der Waals surface area contributed by atoms with Gasteiger partial charge < -0.3 is 21.0 Å². The third-order valence-corrected chi connectivity index (χ3v) is 1.68. The molecule has 14 heavy (non-hydrogen) atoms. The second-order valence-electron chi connectivity index (χ2n) is 3.06. The molecule has 84 valence electrons. The van der Waals surface area contributed by atoms with Crippen LogP contribution < -0.4 is 11.1 Å². The molecular weight excluding hydrogens is 182 g/mol. The van der Waals surface area contributed by atoms with Crippen LogP contribution in [0.3, 0.4) is 0 Å². The van der Waals surface area contributed by atoms with Gasteiger partial charge in [0.2, 0.25) is 0 Å². The van der Waals surface area contributed by atoms with Crippen LogP contribution in [0.25, 0.3) is 0 Å². The molecule has 0 aromatic heterocycles. The number of nitrogens with zero attached hydrogens (tertiary/aromatic N) is 1. The maximum absolute atomic E-state index is 8.25. The zero-order valence-corrected chi connectivity index (χ0v) is 8.83. The molecule has 0 amide bonds. The molecule has 5 heteroatoms. The van der Waals surface area contributed by atoms with Gasteiger partial charge in [-0.3, -0.25) is 0 Å². The van der Waals surface area contributed by atoms with Crippen LogP contribution in [0.1, 0.15) is 26.2 Å². The molecule has 0 aliphatic carbocycles. The van der Waals surface area contributed by atoms with Gasteiger partial charge in [-0.25, -0.2) is 0 Å². The third-order valence-electron chi connectivity index (χ3n) is 1.68. The van der Waals surface area contributed by atoms with Crippen LogP contribution in [0.4, 0.5) is 0 Å². The fourth-order valence-corrected chi connectivity index (χ4v) is 0.937. The van der Waals surface area contributed by atoms with E-state index >= 15 is 0 Å². The van der Waals surface area contributed by atoms with Crippen molar-refractivity contribution in [3.63, 3.8) is 0 Å². The van der Waals surface area contributed by atoms with E-state index in [9.17, 15) is 0 Å². The highest BCUT2D eigenvalue weighted by Gasteiger charge is 1.92. The highest BCUT2D eigenvalue weighted by atomic mass is 16.5. The number of oxime groups is 1. The van der Waals surface area contributed by atoms with E-state index in [1.54, 1.807) is 0 Å². The maximum Gasteiger partial charge on any atom is 0.140 e. The normalized spacial score (nSPS) is 11.9. The van der Waals surface area contributed by atoms with E-state index in [2.05, 4.69) is 17.4 Å². The number of amidine groups is 1. The summed E-state index contributed by atoms with van der Waals surface area (Å²) in [4.78, 5) is 0. The van der Waals surface area contributed by atoms with Crippen molar-refractivity contribution in [2.24, 2.45) is 10.9 Å². The van der Waals surface area contributed by atoms with Gasteiger partial charge in [-0.15, -0.1) is 0 Å². The standard InChI is InChI=1S/C9H21N3O2/c1-2-7-14-8-3-5-11-6-4-9(10)12-13/h11,13H,2-8H2,1H3,(H2,10,12). The summed E-state index contributed by atoms with van der Waals surface area (Å²) in [7, 11) is 0. The molecule has 0 heterocycles. The Morgan fingerprint density at radius 2 is 2.21 bits per heavy atom. The van der Waals surface area contributed by atoms with E-state index < -0.39 is 0 Å². The van der Waals surface area contributed by atoms with E-state index in [0.29, 0.717) is 6.42 Å². The van der Waals surface area contributed by atoms with Crippen LogP contribution in [0.5, 0.6) is 0 Å². The first kappa shape index (κ1) is 13.2. The molecule has 0 spiro atoms. The summed E-state index contributed by atoms with van der Waals surface area (Å²) in [6.07, 6.45) is 2.64. The summed E-state index contributed by atoms with van der Waals surface area (Å²) < 4.78 is 5.30. The van der Waals surface area contributed by atoms with Gasteiger partial charge in [0.25, 0.3) is 0 Å². The summed E-state index contributed by atoms with van der Waals surface area (Å²) in [5.41, 5.74) is 5.29. The minimum absolute atomic E-state index is 0.264. The number of ether oxygens (including phenoxy) is 1. The predicted octanol–water partition coefficient (Wildman–Crippen LogP) is 0.529. The number of rotatable bonds is 9. The van der Waals surface area contributed by atoms with E-state index in [4.69, 9.17) is 15.7 Å². The molecule has 0 rings (SSSR count). The molecule has 0 saturated carbocycles. The summed E-state index contributed by atoms with van der Waals surface area (Å²) in [6, 6.07) is 0. The zero-order valence-electron chi connectivity index (χ0n) is 8.83. The average Bonchev–Trinajstić information content (AvgIpc) is 2.21. The van der Waals surface area contributed by atoms with E-state index in [1.165, 1.54) is 0 Å². The largest absolute Gasteiger partial charge is 0.409 e. The fraction of sp³-hybridized carbons (Fsp3) is 0.889. The minimum atomic E-state index is 0.264. The number of hydrogen-bond acceptors (Lipinski definition) is 4. The quantitative estimate of drug-likeness (QED) is 0.168. The first-order valence-corrected chi connectivity index (χ1v) is 5.06. The van der Waals surface area contributed by atoms with Gasteiger partial charge in [0, 0.05) is 26.2 Å². The SMILES string of the molecule is CCCOCCCNCCC(N)=NO. The van der Waals surface area contributed by atoms with Gasteiger partial charge >= 0.3 is 0 Å². The number of nitrogens with one attached hydrogen (secondary N) is 1. The van der Waals surface area contributed by atoms with Crippen LogP contribution in [0, 0.1) is 0 Å². The highest BCUT2D eigenvalue weighted by Crippen LogP contribution is 1.84. The Hall–Kier alpha value is -0.810. The molecule has 0 radical (unpaired) electrons. The Morgan fingerprint density at radius 1 is 1.43 bits per heavy atom. The summed E-state index contributed by atoms with van der Waals surface area (Å²) in [5, 5.41) is 14.3. The summed E-state index contributed by atoms with van der Waals surface area (Å²) >= 11 is 0. The molecule has 5 nitrogen and oxygen atoms in total. The highest BCUT2D eigenvalue weighted by molar-refractivity contribution is 5.79. The van der Waals surface area contributed by atoms with Crippen molar-refractivity contribution in [1.29, 1.82) is 0 Å². The predicted molar refractivity (Wildman–Crippen MR) is 56.6 cm³/mol. The molecule has 0 aromatic rings.